The predicted molar refractivity (Wildman–Crippen MR) is 50.9 cm³/mol. The third-order valence-corrected chi connectivity index (χ3v) is 2.74. The van der Waals surface area contributed by atoms with Crippen LogP contribution in [0.15, 0.2) is 23.3 Å². The molecule has 0 bridgehead atoms. The molecule has 0 aromatic rings. The van der Waals surface area contributed by atoms with E-state index in [0.717, 1.165) is 17.6 Å². The first-order chi connectivity index (χ1) is 5.52. The molecule has 0 amide bonds. The Morgan fingerprint density at radius 3 is 2.42 bits per heavy atom. The first-order valence-electron chi connectivity index (χ1n) is 4.37. The fraction of sp³-hybridized carbons (Fsp3) is 0.545. The van der Waals surface area contributed by atoms with Crippen molar-refractivity contribution >= 4 is 5.78 Å². The quantitative estimate of drug-likeness (QED) is 0.545. The number of ketones is 1. The van der Waals surface area contributed by atoms with Gasteiger partial charge in [-0.3, -0.25) is 4.79 Å². The van der Waals surface area contributed by atoms with Crippen molar-refractivity contribution in [3.63, 3.8) is 0 Å². The second kappa shape index (κ2) is 3.26. The van der Waals surface area contributed by atoms with Gasteiger partial charge in [0.25, 0.3) is 0 Å². The minimum absolute atomic E-state index is 0.298. The zero-order valence-electron chi connectivity index (χ0n) is 8.11. The van der Waals surface area contributed by atoms with Gasteiger partial charge in [-0.15, -0.1) is 0 Å². The molecule has 1 atom stereocenters. The van der Waals surface area contributed by atoms with Crippen LogP contribution in [-0.4, -0.2) is 5.78 Å². The molecule has 66 valence electrons. The lowest BCUT2D eigenvalue weighted by molar-refractivity contribution is -0.116. The molecule has 0 saturated heterocycles. The van der Waals surface area contributed by atoms with Crippen LogP contribution < -0.4 is 0 Å². The standard InChI is InChI=1S/C11H16O/c1-7(2)10-5-8(3)9(4)11(12)6-10/h10H,1,5-6H2,2-4H3/t10-/m1/s1. The highest BCUT2D eigenvalue weighted by Gasteiger charge is 2.22. The van der Waals surface area contributed by atoms with Gasteiger partial charge in [0.15, 0.2) is 5.78 Å². The Morgan fingerprint density at radius 1 is 1.42 bits per heavy atom. The summed E-state index contributed by atoms with van der Waals surface area (Å²) < 4.78 is 0. The molecule has 1 nitrogen and oxygen atoms in total. The zero-order chi connectivity index (χ0) is 9.30. The van der Waals surface area contributed by atoms with Crippen molar-refractivity contribution in [1.29, 1.82) is 0 Å². The van der Waals surface area contributed by atoms with E-state index in [4.69, 9.17) is 0 Å². The van der Waals surface area contributed by atoms with Gasteiger partial charge in [0, 0.05) is 6.42 Å². The minimum Gasteiger partial charge on any atom is -0.295 e. The molecule has 1 rings (SSSR count). The van der Waals surface area contributed by atoms with Crippen molar-refractivity contribution in [2.24, 2.45) is 5.92 Å². The number of hydrogen-bond donors (Lipinski definition) is 0. The molecule has 0 saturated carbocycles. The highest BCUT2D eigenvalue weighted by atomic mass is 16.1. The number of allylic oxidation sites excluding steroid dienone is 3. The van der Waals surface area contributed by atoms with Crippen LogP contribution in [0.1, 0.15) is 33.6 Å². The van der Waals surface area contributed by atoms with E-state index in [-0.39, 0.29) is 0 Å². The van der Waals surface area contributed by atoms with Gasteiger partial charge in [0.1, 0.15) is 0 Å². The number of hydrogen-bond acceptors (Lipinski definition) is 1. The van der Waals surface area contributed by atoms with Gasteiger partial charge in [-0.25, -0.2) is 0 Å². The molecule has 0 fully saturated rings. The fourth-order valence-electron chi connectivity index (χ4n) is 1.56. The van der Waals surface area contributed by atoms with Gasteiger partial charge in [-0.2, -0.15) is 0 Å². The van der Waals surface area contributed by atoms with E-state index < -0.39 is 0 Å². The summed E-state index contributed by atoms with van der Waals surface area (Å²) in [6.07, 6.45) is 1.69. The van der Waals surface area contributed by atoms with Crippen LogP contribution in [-0.2, 0) is 4.79 Å². The van der Waals surface area contributed by atoms with Crippen molar-refractivity contribution in [2.75, 3.05) is 0 Å². The average molecular weight is 164 g/mol. The summed E-state index contributed by atoms with van der Waals surface area (Å²) in [6, 6.07) is 0. The van der Waals surface area contributed by atoms with Crippen LogP contribution in [0.5, 0.6) is 0 Å². The molecule has 0 radical (unpaired) electrons. The molecule has 0 aromatic heterocycles. The molecular formula is C11H16O. The molecule has 0 spiro atoms. The third-order valence-electron chi connectivity index (χ3n) is 2.74. The van der Waals surface area contributed by atoms with E-state index in [1.807, 2.05) is 20.8 Å². The predicted octanol–water partition coefficient (Wildman–Crippen LogP) is 2.88. The largest absolute Gasteiger partial charge is 0.295 e. The first kappa shape index (κ1) is 9.24. The monoisotopic (exact) mass is 164 g/mol. The summed E-state index contributed by atoms with van der Waals surface area (Å²) in [7, 11) is 0. The molecule has 0 aliphatic heterocycles. The molecule has 0 unspecified atom stereocenters. The van der Waals surface area contributed by atoms with Gasteiger partial charge >= 0.3 is 0 Å². The number of carbonyl (C=O) groups excluding carboxylic acids is 1. The molecule has 0 N–H and O–H groups in total. The van der Waals surface area contributed by atoms with E-state index in [0.29, 0.717) is 18.1 Å². The Labute approximate surface area is 74.2 Å². The average Bonchev–Trinajstić information content (AvgIpc) is 1.99. The van der Waals surface area contributed by atoms with Crippen LogP contribution in [0.4, 0.5) is 0 Å². The zero-order valence-corrected chi connectivity index (χ0v) is 8.11. The van der Waals surface area contributed by atoms with E-state index >= 15 is 0 Å². The van der Waals surface area contributed by atoms with Gasteiger partial charge in [-0.05, 0) is 38.7 Å². The van der Waals surface area contributed by atoms with Gasteiger partial charge in [0.2, 0.25) is 0 Å². The van der Waals surface area contributed by atoms with Crippen LogP contribution in [0.2, 0.25) is 0 Å². The lowest BCUT2D eigenvalue weighted by Crippen LogP contribution is -2.17. The van der Waals surface area contributed by atoms with Crippen molar-refractivity contribution in [3.8, 4) is 0 Å². The van der Waals surface area contributed by atoms with Crippen molar-refractivity contribution in [1.82, 2.24) is 0 Å². The van der Waals surface area contributed by atoms with E-state index in [2.05, 4.69) is 6.58 Å². The molecule has 1 aliphatic carbocycles. The maximum Gasteiger partial charge on any atom is 0.159 e. The summed E-state index contributed by atoms with van der Waals surface area (Å²) in [6.45, 7) is 9.87. The first-order valence-corrected chi connectivity index (χ1v) is 4.37. The van der Waals surface area contributed by atoms with Crippen LogP contribution >= 0.6 is 0 Å². The lowest BCUT2D eigenvalue weighted by atomic mass is 9.81. The summed E-state index contributed by atoms with van der Waals surface area (Å²) in [5.74, 6) is 0.688. The summed E-state index contributed by atoms with van der Waals surface area (Å²) >= 11 is 0. The number of carbonyl (C=O) groups is 1. The highest BCUT2D eigenvalue weighted by Crippen LogP contribution is 2.30. The lowest BCUT2D eigenvalue weighted by Gasteiger charge is -2.23. The Hall–Kier alpha value is -0.850. The van der Waals surface area contributed by atoms with Gasteiger partial charge < -0.3 is 0 Å². The Balaban J connectivity index is 2.85. The molecule has 0 heterocycles. The Morgan fingerprint density at radius 2 is 2.00 bits per heavy atom. The Kier molecular flexibility index (Phi) is 2.51. The molecule has 1 heteroatoms. The Bertz CT molecular complexity index is 258. The van der Waals surface area contributed by atoms with E-state index in [9.17, 15) is 4.79 Å². The van der Waals surface area contributed by atoms with Crippen LogP contribution in [0, 0.1) is 5.92 Å². The van der Waals surface area contributed by atoms with Gasteiger partial charge in [-0.1, -0.05) is 17.7 Å². The summed E-state index contributed by atoms with van der Waals surface area (Å²) in [5.41, 5.74) is 3.34. The van der Waals surface area contributed by atoms with Crippen LogP contribution in [0.25, 0.3) is 0 Å². The van der Waals surface area contributed by atoms with Crippen molar-refractivity contribution in [2.45, 2.75) is 33.6 Å². The number of Topliss-reactive ketones (excluding diaryl/α,β-unsaturated/α-hetero) is 1. The van der Waals surface area contributed by atoms with E-state index in [1.54, 1.807) is 0 Å². The fourth-order valence-corrected chi connectivity index (χ4v) is 1.56. The normalized spacial score (nSPS) is 24.6. The van der Waals surface area contributed by atoms with Crippen molar-refractivity contribution in [3.05, 3.63) is 23.3 Å². The molecule has 1 aliphatic rings. The minimum atomic E-state index is 0.298. The van der Waals surface area contributed by atoms with E-state index in [1.165, 1.54) is 5.57 Å². The summed E-state index contributed by atoms with van der Waals surface area (Å²) in [4.78, 5) is 11.4. The second-order valence-corrected chi connectivity index (χ2v) is 3.78. The second-order valence-electron chi connectivity index (χ2n) is 3.78. The smallest absolute Gasteiger partial charge is 0.159 e. The van der Waals surface area contributed by atoms with Crippen LogP contribution in [0.3, 0.4) is 0 Å². The molecule has 12 heavy (non-hydrogen) atoms. The third kappa shape index (κ3) is 1.66. The van der Waals surface area contributed by atoms with Gasteiger partial charge in [0.05, 0.1) is 0 Å². The summed E-state index contributed by atoms with van der Waals surface area (Å²) in [5, 5.41) is 0. The van der Waals surface area contributed by atoms with Crippen molar-refractivity contribution < 1.29 is 4.79 Å². The molecular weight excluding hydrogens is 148 g/mol. The number of rotatable bonds is 1. The SMILES string of the molecule is C=C(C)[C@H]1CC(=O)C(C)=C(C)C1. The highest BCUT2D eigenvalue weighted by molar-refractivity contribution is 5.96. The maximum absolute atomic E-state index is 11.4. The topological polar surface area (TPSA) is 17.1 Å². The maximum atomic E-state index is 11.4. The molecule has 0 aromatic carbocycles.